The van der Waals surface area contributed by atoms with Crippen molar-refractivity contribution in [1.82, 2.24) is 14.5 Å². The van der Waals surface area contributed by atoms with Gasteiger partial charge in [-0.1, -0.05) is 24.1 Å². The number of fused-ring (bicyclic) bond motifs is 1. The molecule has 0 radical (unpaired) electrons. The van der Waals surface area contributed by atoms with Crippen molar-refractivity contribution >= 4 is 28.4 Å². The number of hydrogen-bond acceptors (Lipinski definition) is 7. The van der Waals surface area contributed by atoms with E-state index in [0.717, 1.165) is 18.8 Å². The van der Waals surface area contributed by atoms with Gasteiger partial charge >= 0.3 is 0 Å². The third kappa shape index (κ3) is 4.05. The summed E-state index contributed by atoms with van der Waals surface area (Å²) in [6.45, 7) is 3.07. The van der Waals surface area contributed by atoms with Crippen LogP contribution in [0.3, 0.4) is 0 Å². The number of hydrogen-bond donors (Lipinski definition) is 1. The molecule has 4 aromatic rings. The summed E-state index contributed by atoms with van der Waals surface area (Å²) in [6.07, 6.45) is 7.28. The summed E-state index contributed by atoms with van der Waals surface area (Å²) in [7, 11) is 1.62. The standard InChI is InChI=1S/C26H23N5O3/c1-3-18-15-24(32)31(19-7-5-4-6-8-19)25-21(18)17-27-26(29-25)28-22-10-9-20(16-23(22)33-2)30-11-13-34-14-12-30/h1,4-10,15-17H,11-14H2,2H3,(H,27,28,29). The van der Waals surface area contributed by atoms with Gasteiger partial charge in [0.05, 0.1) is 37.1 Å². The number of terminal acetylenes is 1. The van der Waals surface area contributed by atoms with Gasteiger partial charge in [-0.2, -0.15) is 4.98 Å². The molecule has 2 aromatic heterocycles. The van der Waals surface area contributed by atoms with Crippen LogP contribution in [0, 0.1) is 12.3 Å². The predicted molar refractivity (Wildman–Crippen MR) is 132 cm³/mol. The Morgan fingerprint density at radius 2 is 1.88 bits per heavy atom. The van der Waals surface area contributed by atoms with E-state index >= 15 is 0 Å². The van der Waals surface area contributed by atoms with Gasteiger partial charge < -0.3 is 19.7 Å². The Hall–Kier alpha value is -4.35. The molecule has 3 heterocycles. The number of morpholine rings is 1. The van der Waals surface area contributed by atoms with Gasteiger partial charge in [-0.05, 0) is 24.3 Å². The summed E-state index contributed by atoms with van der Waals surface area (Å²) >= 11 is 0. The molecule has 2 aromatic carbocycles. The number of rotatable bonds is 5. The Labute approximate surface area is 196 Å². The highest BCUT2D eigenvalue weighted by Crippen LogP contribution is 2.32. The summed E-state index contributed by atoms with van der Waals surface area (Å²) in [5, 5.41) is 3.84. The summed E-state index contributed by atoms with van der Waals surface area (Å²) in [5.41, 5.74) is 3.07. The van der Waals surface area contributed by atoms with Gasteiger partial charge in [-0.25, -0.2) is 4.98 Å². The van der Waals surface area contributed by atoms with Gasteiger partial charge in [0.15, 0.2) is 5.65 Å². The van der Waals surface area contributed by atoms with Gasteiger partial charge in [-0.3, -0.25) is 9.36 Å². The minimum Gasteiger partial charge on any atom is -0.494 e. The minimum absolute atomic E-state index is 0.260. The number of nitrogens with zero attached hydrogens (tertiary/aromatic N) is 4. The van der Waals surface area contributed by atoms with Crippen molar-refractivity contribution < 1.29 is 9.47 Å². The lowest BCUT2D eigenvalue weighted by Crippen LogP contribution is -2.36. The van der Waals surface area contributed by atoms with Crippen LogP contribution in [0.2, 0.25) is 0 Å². The predicted octanol–water partition coefficient (Wildman–Crippen LogP) is 3.35. The van der Waals surface area contributed by atoms with Crippen molar-refractivity contribution in [3.05, 3.63) is 76.7 Å². The lowest BCUT2D eigenvalue weighted by atomic mass is 10.2. The van der Waals surface area contributed by atoms with E-state index in [9.17, 15) is 4.79 Å². The van der Waals surface area contributed by atoms with Crippen LogP contribution in [-0.2, 0) is 4.74 Å². The first-order chi connectivity index (χ1) is 16.7. The summed E-state index contributed by atoms with van der Waals surface area (Å²) in [6, 6.07) is 16.7. The van der Waals surface area contributed by atoms with E-state index in [1.54, 1.807) is 13.3 Å². The van der Waals surface area contributed by atoms with Crippen molar-refractivity contribution in [3.8, 4) is 23.8 Å². The minimum atomic E-state index is -0.260. The van der Waals surface area contributed by atoms with Crippen molar-refractivity contribution in [1.29, 1.82) is 0 Å². The van der Waals surface area contributed by atoms with Crippen LogP contribution in [0.15, 0.2) is 65.6 Å². The maximum absolute atomic E-state index is 12.9. The molecule has 0 spiro atoms. The van der Waals surface area contributed by atoms with Crippen molar-refractivity contribution in [2.24, 2.45) is 0 Å². The Morgan fingerprint density at radius 1 is 1.09 bits per heavy atom. The maximum Gasteiger partial charge on any atom is 0.258 e. The highest BCUT2D eigenvalue weighted by atomic mass is 16.5. The van der Waals surface area contributed by atoms with E-state index in [4.69, 9.17) is 15.9 Å². The average Bonchev–Trinajstić information content (AvgIpc) is 2.89. The highest BCUT2D eigenvalue weighted by Gasteiger charge is 2.16. The van der Waals surface area contributed by atoms with Crippen LogP contribution < -0.4 is 20.5 Å². The lowest BCUT2D eigenvalue weighted by Gasteiger charge is -2.29. The molecule has 1 aliphatic heterocycles. The molecular weight excluding hydrogens is 430 g/mol. The first kappa shape index (κ1) is 21.5. The Balaban J connectivity index is 1.56. The molecule has 8 heteroatoms. The van der Waals surface area contributed by atoms with Crippen LogP contribution in [0.5, 0.6) is 5.75 Å². The van der Waals surface area contributed by atoms with Gasteiger partial charge in [-0.15, -0.1) is 6.42 Å². The van der Waals surface area contributed by atoms with Gasteiger partial charge in [0.1, 0.15) is 5.75 Å². The molecule has 0 atom stereocenters. The Kier molecular flexibility index (Phi) is 5.85. The van der Waals surface area contributed by atoms with Gasteiger partial charge in [0, 0.05) is 42.7 Å². The van der Waals surface area contributed by atoms with E-state index in [-0.39, 0.29) is 5.56 Å². The second-order valence-electron chi connectivity index (χ2n) is 7.75. The second-order valence-corrected chi connectivity index (χ2v) is 7.75. The number of anilines is 3. The normalized spacial score (nSPS) is 13.5. The van der Waals surface area contributed by atoms with Crippen molar-refractivity contribution in [2.75, 3.05) is 43.6 Å². The van der Waals surface area contributed by atoms with Crippen LogP contribution in [-0.4, -0.2) is 47.9 Å². The van der Waals surface area contributed by atoms with Crippen LogP contribution in [0.1, 0.15) is 5.56 Å². The first-order valence-electron chi connectivity index (χ1n) is 10.9. The molecule has 8 nitrogen and oxygen atoms in total. The van der Waals surface area contributed by atoms with E-state index in [2.05, 4.69) is 26.1 Å². The zero-order chi connectivity index (χ0) is 23.5. The van der Waals surface area contributed by atoms with Gasteiger partial charge in [0.25, 0.3) is 5.56 Å². The van der Waals surface area contributed by atoms with Crippen LogP contribution >= 0.6 is 0 Å². The molecule has 5 rings (SSSR count). The molecule has 0 saturated carbocycles. The van der Waals surface area contributed by atoms with E-state index in [1.807, 2.05) is 48.5 Å². The number of aromatic nitrogens is 3. The van der Waals surface area contributed by atoms with E-state index in [0.29, 0.717) is 52.9 Å². The molecular formula is C26H23N5O3. The highest BCUT2D eigenvalue weighted by molar-refractivity contribution is 5.84. The molecule has 0 bridgehead atoms. The van der Waals surface area contributed by atoms with Gasteiger partial charge in [0.2, 0.25) is 5.95 Å². The average molecular weight is 454 g/mol. The number of benzene rings is 2. The number of nitrogens with one attached hydrogen (secondary N) is 1. The van der Waals surface area contributed by atoms with Crippen molar-refractivity contribution in [2.45, 2.75) is 0 Å². The topological polar surface area (TPSA) is 81.5 Å². The zero-order valence-electron chi connectivity index (χ0n) is 18.7. The van der Waals surface area contributed by atoms with E-state index in [1.165, 1.54) is 10.6 Å². The number of methoxy groups -OCH3 is 1. The number of para-hydroxylation sites is 1. The third-order valence-corrected chi connectivity index (χ3v) is 5.74. The van der Waals surface area contributed by atoms with Crippen LogP contribution in [0.4, 0.5) is 17.3 Å². The molecule has 0 aliphatic carbocycles. The fraction of sp³-hybridized carbons (Fsp3) is 0.192. The monoisotopic (exact) mass is 453 g/mol. The molecule has 170 valence electrons. The molecule has 0 amide bonds. The molecule has 34 heavy (non-hydrogen) atoms. The smallest absolute Gasteiger partial charge is 0.258 e. The third-order valence-electron chi connectivity index (χ3n) is 5.74. The van der Waals surface area contributed by atoms with E-state index < -0.39 is 0 Å². The van der Waals surface area contributed by atoms with Crippen molar-refractivity contribution in [3.63, 3.8) is 0 Å². The summed E-state index contributed by atoms with van der Waals surface area (Å²) in [4.78, 5) is 24.3. The maximum atomic E-state index is 12.9. The fourth-order valence-electron chi connectivity index (χ4n) is 4.03. The second kappa shape index (κ2) is 9.25. The number of pyridine rings is 1. The fourth-order valence-corrected chi connectivity index (χ4v) is 4.03. The molecule has 1 N–H and O–H groups in total. The Morgan fingerprint density at radius 3 is 2.62 bits per heavy atom. The SMILES string of the molecule is C#Cc1cc(=O)n(-c2ccccc2)c2nc(Nc3ccc(N4CCOCC4)cc3OC)ncc12. The zero-order valence-corrected chi connectivity index (χ0v) is 18.7. The molecule has 1 fully saturated rings. The van der Waals surface area contributed by atoms with Crippen LogP contribution in [0.25, 0.3) is 16.7 Å². The Bertz CT molecular complexity index is 1440. The lowest BCUT2D eigenvalue weighted by molar-refractivity contribution is 0.122. The summed E-state index contributed by atoms with van der Waals surface area (Å²) in [5.74, 6) is 3.55. The first-order valence-corrected chi connectivity index (χ1v) is 10.9. The quantitative estimate of drug-likeness (QED) is 0.464. The summed E-state index contributed by atoms with van der Waals surface area (Å²) < 4.78 is 12.6. The molecule has 1 aliphatic rings. The largest absolute Gasteiger partial charge is 0.494 e. The molecule has 0 unspecified atom stereocenters. The molecule has 1 saturated heterocycles. The number of ether oxygens (including phenoxy) is 2.